The highest BCUT2D eigenvalue weighted by Crippen LogP contribution is 2.35. The minimum absolute atomic E-state index is 0.0129. The number of thiophene rings is 1. The number of nitrogens with one attached hydrogen (secondary N) is 1. The van der Waals surface area contributed by atoms with E-state index in [1.807, 2.05) is 0 Å². The van der Waals surface area contributed by atoms with Crippen LogP contribution in [0.5, 0.6) is 0 Å². The Morgan fingerprint density at radius 3 is 2.44 bits per heavy atom. The first kappa shape index (κ1) is 22.5. The number of carbonyl (C=O) groups excluding carboxylic acids is 2. The number of carbonyl (C=O) groups is 2. The van der Waals surface area contributed by atoms with Crippen LogP contribution in [0.4, 0.5) is 11.4 Å². The number of hydrogen-bond acceptors (Lipinski definition) is 6. The van der Waals surface area contributed by atoms with Gasteiger partial charge in [0.15, 0.2) is 5.17 Å². The van der Waals surface area contributed by atoms with Gasteiger partial charge < -0.3 is 5.32 Å². The Hall–Kier alpha value is -2.66. The molecule has 0 bridgehead atoms. The Bertz CT molecular complexity index is 1260. The van der Waals surface area contributed by atoms with Crippen LogP contribution in [0.2, 0.25) is 5.02 Å². The number of hydrogen-bond donors (Lipinski definition) is 1. The summed E-state index contributed by atoms with van der Waals surface area (Å²) < 4.78 is 29.4. The summed E-state index contributed by atoms with van der Waals surface area (Å²) in [6.07, 6.45) is -0.145. The van der Waals surface area contributed by atoms with Gasteiger partial charge >= 0.3 is 0 Å². The summed E-state index contributed by atoms with van der Waals surface area (Å²) in [5.41, 5.74) is 1.02. The van der Waals surface area contributed by atoms with E-state index in [9.17, 15) is 18.0 Å². The maximum atomic E-state index is 13.2. The van der Waals surface area contributed by atoms with Gasteiger partial charge in [0.1, 0.15) is 9.46 Å². The molecule has 11 heteroatoms. The van der Waals surface area contributed by atoms with Crippen molar-refractivity contribution in [3.05, 3.63) is 77.1 Å². The normalized spacial score (nSPS) is 17.7. The molecule has 1 aliphatic rings. The zero-order chi connectivity index (χ0) is 22.7. The molecule has 1 aromatic heterocycles. The number of para-hydroxylation sites is 1. The fourth-order valence-electron chi connectivity index (χ4n) is 2.95. The number of rotatable bonds is 6. The van der Waals surface area contributed by atoms with Crippen LogP contribution < -0.4 is 10.2 Å². The third-order valence-corrected chi connectivity index (χ3v) is 8.54. The fourth-order valence-corrected chi connectivity index (χ4v) is 6.38. The Morgan fingerprint density at radius 1 is 1.06 bits per heavy atom. The quantitative estimate of drug-likeness (QED) is 0.527. The Balaban J connectivity index is 1.60. The summed E-state index contributed by atoms with van der Waals surface area (Å²) >= 11 is 7.86. The van der Waals surface area contributed by atoms with Gasteiger partial charge in [0.2, 0.25) is 11.8 Å². The summed E-state index contributed by atoms with van der Waals surface area (Å²) in [5.74, 6) is -0.791. The van der Waals surface area contributed by atoms with Crippen LogP contribution in [-0.2, 0) is 19.6 Å². The maximum absolute atomic E-state index is 13.2. The molecule has 164 valence electrons. The summed E-state index contributed by atoms with van der Waals surface area (Å²) in [5, 5.41) is 4.09. The van der Waals surface area contributed by atoms with Crippen molar-refractivity contribution in [2.45, 2.75) is 15.9 Å². The number of nitrogens with zero attached hydrogens (tertiary/aromatic N) is 2. The average molecular weight is 506 g/mol. The van der Waals surface area contributed by atoms with E-state index in [2.05, 4.69) is 9.71 Å². The van der Waals surface area contributed by atoms with Crippen LogP contribution >= 0.6 is 34.7 Å². The van der Waals surface area contributed by atoms with Crippen LogP contribution in [0.1, 0.15) is 6.42 Å². The van der Waals surface area contributed by atoms with Crippen molar-refractivity contribution in [1.82, 2.24) is 0 Å². The van der Waals surface area contributed by atoms with Gasteiger partial charge in [-0.15, -0.1) is 15.7 Å². The first-order valence-electron chi connectivity index (χ1n) is 9.33. The van der Waals surface area contributed by atoms with Crippen molar-refractivity contribution >= 4 is 73.1 Å². The summed E-state index contributed by atoms with van der Waals surface area (Å²) in [6.45, 7) is 0. The van der Waals surface area contributed by atoms with E-state index in [0.717, 1.165) is 23.1 Å². The van der Waals surface area contributed by atoms with Crippen LogP contribution in [0.15, 0.2) is 80.7 Å². The average Bonchev–Trinajstić information content (AvgIpc) is 3.40. The minimum atomic E-state index is -3.99. The number of amidine groups is 1. The van der Waals surface area contributed by atoms with E-state index in [1.54, 1.807) is 66.0 Å². The number of sulfonamides is 1. The lowest BCUT2D eigenvalue weighted by Crippen LogP contribution is -2.33. The molecule has 32 heavy (non-hydrogen) atoms. The van der Waals surface area contributed by atoms with E-state index >= 15 is 0 Å². The van der Waals surface area contributed by atoms with Gasteiger partial charge in [-0.25, -0.2) is 0 Å². The molecule has 0 unspecified atom stereocenters. The van der Waals surface area contributed by atoms with Crippen molar-refractivity contribution in [1.29, 1.82) is 0 Å². The highest BCUT2D eigenvalue weighted by Gasteiger charge is 2.41. The van der Waals surface area contributed by atoms with Gasteiger partial charge in [-0.3, -0.25) is 14.5 Å². The SMILES string of the molecule is O=C(C[C@@H]1SC(=NS(=O)(=O)c2cccs2)N(c2ccccc2)C1=O)Nc1ccc(Cl)cc1. The van der Waals surface area contributed by atoms with Crippen LogP contribution in [-0.4, -0.2) is 30.6 Å². The van der Waals surface area contributed by atoms with Crippen molar-refractivity contribution in [2.75, 3.05) is 10.2 Å². The molecule has 4 rings (SSSR count). The molecule has 3 aromatic rings. The van der Waals surface area contributed by atoms with E-state index in [1.165, 1.54) is 11.0 Å². The largest absolute Gasteiger partial charge is 0.326 e. The molecule has 1 aliphatic heterocycles. The first-order chi connectivity index (χ1) is 15.3. The zero-order valence-electron chi connectivity index (χ0n) is 16.3. The van der Waals surface area contributed by atoms with Crippen molar-refractivity contribution in [2.24, 2.45) is 4.40 Å². The fraction of sp³-hybridized carbons (Fsp3) is 0.0952. The molecule has 7 nitrogen and oxygen atoms in total. The molecule has 2 amide bonds. The molecular formula is C21H16ClN3O4S3. The Kier molecular flexibility index (Phi) is 6.66. The van der Waals surface area contributed by atoms with Gasteiger partial charge in [-0.1, -0.05) is 47.6 Å². The van der Waals surface area contributed by atoms with Crippen molar-refractivity contribution in [3.63, 3.8) is 0 Å². The molecule has 1 N–H and O–H groups in total. The predicted molar refractivity (Wildman–Crippen MR) is 129 cm³/mol. The van der Waals surface area contributed by atoms with Gasteiger partial charge in [0, 0.05) is 17.1 Å². The molecule has 2 aromatic carbocycles. The second-order valence-corrected chi connectivity index (χ2v) is 11.0. The lowest BCUT2D eigenvalue weighted by atomic mass is 10.2. The summed E-state index contributed by atoms with van der Waals surface area (Å²) in [7, 11) is -3.99. The molecule has 1 saturated heterocycles. The minimum Gasteiger partial charge on any atom is -0.326 e. The molecule has 0 aliphatic carbocycles. The van der Waals surface area contributed by atoms with Crippen molar-refractivity contribution in [3.8, 4) is 0 Å². The number of benzene rings is 2. The second-order valence-electron chi connectivity index (χ2n) is 6.66. The van der Waals surface area contributed by atoms with Gasteiger partial charge in [-0.05, 0) is 47.8 Å². The molecule has 0 saturated carbocycles. The topological polar surface area (TPSA) is 95.9 Å². The number of amides is 2. The third kappa shape index (κ3) is 5.04. The third-order valence-electron chi connectivity index (χ3n) is 4.40. The van der Waals surface area contributed by atoms with E-state index in [-0.39, 0.29) is 21.7 Å². The number of thioether (sulfide) groups is 1. The van der Waals surface area contributed by atoms with E-state index in [0.29, 0.717) is 16.4 Å². The van der Waals surface area contributed by atoms with Gasteiger partial charge in [0.25, 0.3) is 10.0 Å². The van der Waals surface area contributed by atoms with Gasteiger partial charge in [-0.2, -0.15) is 8.42 Å². The molecule has 1 fully saturated rings. The summed E-state index contributed by atoms with van der Waals surface area (Å²) in [6, 6.07) is 18.3. The highest BCUT2D eigenvalue weighted by atomic mass is 35.5. The predicted octanol–water partition coefficient (Wildman–Crippen LogP) is 4.62. The van der Waals surface area contributed by atoms with Crippen LogP contribution in [0.25, 0.3) is 0 Å². The second kappa shape index (κ2) is 9.45. The number of halogens is 1. The summed E-state index contributed by atoms with van der Waals surface area (Å²) in [4.78, 5) is 26.9. The van der Waals surface area contributed by atoms with Crippen LogP contribution in [0.3, 0.4) is 0 Å². The Labute approximate surface area is 198 Å². The van der Waals surface area contributed by atoms with Crippen LogP contribution in [0, 0.1) is 0 Å². The molecule has 1 atom stereocenters. The highest BCUT2D eigenvalue weighted by molar-refractivity contribution is 8.16. The Morgan fingerprint density at radius 2 is 1.78 bits per heavy atom. The molecular weight excluding hydrogens is 490 g/mol. The monoisotopic (exact) mass is 505 g/mol. The standard InChI is InChI=1S/C21H16ClN3O4S3/c22-14-8-10-15(11-9-14)23-18(26)13-17-20(27)25(16-5-2-1-3-6-16)21(31-17)24-32(28,29)19-7-4-12-30-19/h1-12,17H,13H2,(H,23,26)/t17-/m0/s1. The molecule has 2 heterocycles. The maximum Gasteiger partial charge on any atom is 0.294 e. The lowest BCUT2D eigenvalue weighted by molar-refractivity contribution is -0.121. The zero-order valence-corrected chi connectivity index (χ0v) is 19.5. The lowest BCUT2D eigenvalue weighted by Gasteiger charge is -2.16. The smallest absolute Gasteiger partial charge is 0.294 e. The van der Waals surface area contributed by atoms with E-state index < -0.39 is 21.2 Å². The number of anilines is 2. The first-order valence-corrected chi connectivity index (χ1v) is 12.9. The van der Waals surface area contributed by atoms with E-state index in [4.69, 9.17) is 11.6 Å². The van der Waals surface area contributed by atoms with Gasteiger partial charge in [0.05, 0.1) is 5.69 Å². The molecule has 0 radical (unpaired) electrons. The molecule has 0 spiro atoms. The van der Waals surface area contributed by atoms with Crippen molar-refractivity contribution < 1.29 is 18.0 Å².